The third-order valence-electron chi connectivity index (χ3n) is 4.85. The summed E-state index contributed by atoms with van der Waals surface area (Å²) in [7, 11) is 6.28. The zero-order chi connectivity index (χ0) is 18.4. The van der Waals surface area contributed by atoms with Gasteiger partial charge in [0.05, 0.1) is 6.04 Å². The van der Waals surface area contributed by atoms with E-state index in [4.69, 9.17) is 23.2 Å². The fraction of sp³-hybridized carbons (Fsp3) is 0.632. The maximum absolute atomic E-state index is 12.8. The van der Waals surface area contributed by atoms with Crippen molar-refractivity contribution in [2.75, 3.05) is 45.0 Å². The Hall–Kier alpha value is -0.810. The van der Waals surface area contributed by atoms with Gasteiger partial charge in [-0.2, -0.15) is 0 Å². The van der Waals surface area contributed by atoms with E-state index in [1.165, 1.54) is 0 Å². The van der Waals surface area contributed by atoms with Crippen molar-refractivity contribution >= 4 is 34.8 Å². The molecule has 1 aliphatic carbocycles. The average Bonchev–Trinajstić information content (AvgIpc) is 2.95. The molecule has 0 saturated heterocycles. The van der Waals surface area contributed by atoms with E-state index in [1.807, 2.05) is 35.2 Å². The van der Waals surface area contributed by atoms with Gasteiger partial charge in [0.2, 0.25) is 5.91 Å². The van der Waals surface area contributed by atoms with Crippen LogP contribution in [0.15, 0.2) is 30.3 Å². The Bertz CT molecular complexity index is 541. The molecule has 3 unspecified atom stereocenters. The molecule has 3 atom stereocenters. The van der Waals surface area contributed by atoms with E-state index in [0.29, 0.717) is 12.3 Å². The number of likely N-dealkylation sites (N-methyl/N-ethyl adjacent to an activating group) is 2. The van der Waals surface area contributed by atoms with Crippen LogP contribution >= 0.6 is 23.2 Å². The first-order valence-electron chi connectivity index (χ1n) is 8.86. The number of rotatable bonds is 8. The molecule has 0 radical (unpaired) electrons. The summed E-state index contributed by atoms with van der Waals surface area (Å²) in [5, 5.41) is 0.0896. The smallest absolute Gasteiger partial charge is 0.228 e. The van der Waals surface area contributed by atoms with Crippen molar-refractivity contribution in [1.82, 2.24) is 9.80 Å². The second-order valence-electron chi connectivity index (χ2n) is 7.03. The third-order valence-corrected chi connectivity index (χ3v) is 5.39. The SMILES string of the molecule is CN(C)CCN(C)C1CC(Cl)CC1N(C(=O)CCCl)c1ccccc1. The Morgan fingerprint density at radius 1 is 1.08 bits per heavy atom. The van der Waals surface area contributed by atoms with Crippen LogP contribution in [0.4, 0.5) is 5.69 Å². The van der Waals surface area contributed by atoms with Gasteiger partial charge in [-0.1, -0.05) is 18.2 Å². The van der Waals surface area contributed by atoms with Crippen LogP contribution in [0, 0.1) is 0 Å². The number of halogens is 2. The summed E-state index contributed by atoms with van der Waals surface area (Å²) in [6.45, 7) is 1.93. The normalized spacial score (nSPS) is 23.4. The summed E-state index contributed by atoms with van der Waals surface area (Å²) >= 11 is 12.4. The van der Waals surface area contributed by atoms with Crippen LogP contribution < -0.4 is 4.90 Å². The predicted molar refractivity (Wildman–Crippen MR) is 107 cm³/mol. The van der Waals surface area contributed by atoms with Crippen LogP contribution in [0.1, 0.15) is 19.3 Å². The molecule has 0 N–H and O–H groups in total. The highest BCUT2D eigenvalue weighted by molar-refractivity contribution is 6.21. The molecule has 0 bridgehead atoms. The second-order valence-corrected chi connectivity index (χ2v) is 8.02. The van der Waals surface area contributed by atoms with Crippen molar-refractivity contribution in [2.45, 2.75) is 36.7 Å². The first kappa shape index (κ1) is 20.5. The molecule has 1 aromatic carbocycles. The Morgan fingerprint density at radius 3 is 2.32 bits per heavy atom. The number of nitrogens with zero attached hydrogens (tertiary/aromatic N) is 3. The first-order chi connectivity index (χ1) is 11.9. The fourth-order valence-corrected chi connectivity index (χ4v) is 4.05. The molecular weight excluding hydrogens is 357 g/mol. The minimum atomic E-state index is 0.0722. The predicted octanol–water partition coefficient (Wildman–Crippen LogP) is 3.28. The van der Waals surface area contributed by atoms with Gasteiger partial charge in [-0.15, -0.1) is 23.2 Å². The number of alkyl halides is 2. The molecule has 140 valence electrons. The Balaban J connectivity index is 2.25. The summed E-state index contributed by atoms with van der Waals surface area (Å²) in [5.74, 6) is 0.406. The standard InChI is InChI=1S/C19H29Cl2N3O/c1-22(2)11-12-23(3)17-13-15(21)14-18(17)24(19(25)9-10-20)16-7-5-4-6-8-16/h4-8,15,17-18H,9-14H2,1-3H3. The van der Waals surface area contributed by atoms with E-state index in [0.717, 1.165) is 31.6 Å². The molecule has 6 heteroatoms. The van der Waals surface area contributed by atoms with Crippen LogP contribution in [-0.2, 0) is 4.79 Å². The van der Waals surface area contributed by atoms with Gasteiger partial charge < -0.3 is 14.7 Å². The van der Waals surface area contributed by atoms with Crippen molar-refractivity contribution in [3.63, 3.8) is 0 Å². The fourth-order valence-electron chi connectivity index (χ4n) is 3.52. The number of anilines is 1. The monoisotopic (exact) mass is 385 g/mol. The number of benzene rings is 1. The van der Waals surface area contributed by atoms with E-state index in [9.17, 15) is 4.79 Å². The van der Waals surface area contributed by atoms with Crippen molar-refractivity contribution in [2.24, 2.45) is 0 Å². The van der Waals surface area contributed by atoms with Crippen molar-refractivity contribution in [3.8, 4) is 0 Å². The molecule has 1 amide bonds. The average molecular weight is 386 g/mol. The molecule has 0 spiro atoms. The summed E-state index contributed by atoms with van der Waals surface area (Å²) in [6.07, 6.45) is 2.04. The van der Waals surface area contributed by atoms with Crippen LogP contribution in [0.25, 0.3) is 0 Å². The van der Waals surface area contributed by atoms with Crippen LogP contribution in [0.3, 0.4) is 0 Å². The van der Waals surface area contributed by atoms with Crippen molar-refractivity contribution in [3.05, 3.63) is 30.3 Å². The summed E-state index contributed by atoms with van der Waals surface area (Å²) in [4.78, 5) is 19.3. The van der Waals surface area contributed by atoms with Crippen LogP contribution in [0.2, 0.25) is 0 Å². The van der Waals surface area contributed by atoms with Crippen molar-refractivity contribution in [1.29, 1.82) is 0 Å². The molecule has 0 heterocycles. The van der Waals surface area contributed by atoms with E-state index < -0.39 is 0 Å². The Morgan fingerprint density at radius 2 is 1.72 bits per heavy atom. The van der Waals surface area contributed by atoms with Gasteiger partial charge in [0.1, 0.15) is 0 Å². The summed E-state index contributed by atoms with van der Waals surface area (Å²) < 4.78 is 0. The minimum absolute atomic E-state index is 0.0722. The van der Waals surface area contributed by atoms with Gasteiger partial charge in [-0.25, -0.2) is 0 Å². The maximum Gasteiger partial charge on any atom is 0.228 e. The lowest BCUT2D eigenvalue weighted by atomic mass is 10.1. The quantitative estimate of drug-likeness (QED) is 0.642. The van der Waals surface area contributed by atoms with Gasteiger partial charge in [-0.3, -0.25) is 4.79 Å². The van der Waals surface area contributed by atoms with Crippen LogP contribution in [-0.4, -0.2) is 73.3 Å². The topological polar surface area (TPSA) is 26.8 Å². The zero-order valence-electron chi connectivity index (χ0n) is 15.4. The lowest BCUT2D eigenvalue weighted by molar-refractivity contribution is -0.118. The van der Waals surface area contributed by atoms with Gasteiger partial charge in [0, 0.05) is 42.5 Å². The molecule has 1 fully saturated rings. The molecule has 0 aromatic heterocycles. The number of carbonyl (C=O) groups excluding carboxylic acids is 1. The maximum atomic E-state index is 12.8. The molecule has 1 saturated carbocycles. The molecular formula is C19H29Cl2N3O. The summed E-state index contributed by atoms with van der Waals surface area (Å²) in [6, 6.07) is 10.2. The van der Waals surface area contributed by atoms with E-state index >= 15 is 0 Å². The highest BCUT2D eigenvalue weighted by Crippen LogP contribution is 2.34. The highest BCUT2D eigenvalue weighted by Gasteiger charge is 2.41. The highest BCUT2D eigenvalue weighted by atomic mass is 35.5. The largest absolute Gasteiger partial charge is 0.308 e. The Labute approximate surface area is 161 Å². The first-order valence-corrected chi connectivity index (χ1v) is 9.83. The summed E-state index contributed by atoms with van der Waals surface area (Å²) in [5.41, 5.74) is 0.930. The molecule has 25 heavy (non-hydrogen) atoms. The lowest BCUT2D eigenvalue weighted by Crippen LogP contribution is -2.51. The number of para-hydroxylation sites is 1. The van der Waals surface area contributed by atoms with E-state index in [1.54, 1.807) is 0 Å². The molecule has 1 aromatic rings. The van der Waals surface area contributed by atoms with E-state index in [2.05, 4.69) is 30.9 Å². The molecule has 1 aliphatic rings. The van der Waals surface area contributed by atoms with Crippen molar-refractivity contribution < 1.29 is 4.79 Å². The minimum Gasteiger partial charge on any atom is -0.308 e. The number of hydrogen-bond donors (Lipinski definition) is 0. The van der Waals surface area contributed by atoms with Crippen LogP contribution in [0.5, 0.6) is 0 Å². The van der Waals surface area contributed by atoms with Gasteiger partial charge in [-0.05, 0) is 46.1 Å². The second kappa shape index (κ2) is 9.77. The molecule has 0 aliphatic heterocycles. The van der Waals surface area contributed by atoms with Gasteiger partial charge in [0.15, 0.2) is 0 Å². The van der Waals surface area contributed by atoms with Gasteiger partial charge >= 0.3 is 0 Å². The Kier molecular flexibility index (Phi) is 8.01. The molecule has 4 nitrogen and oxygen atoms in total. The van der Waals surface area contributed by atoms with E-state index in [-0.39, 0.29) is 23.4 Å². The zero-order valence-corrected chi connectivity index (χ0v) is 16.9. The van der Waals surface area contributed by atoms with Gasteiger partial charge in [0.25, 0.3) is 0 Å². The number of amides is 1. The third kappa shape index (κ3) is 5.58. The molecule has 2 rings (SSSR count). The lowest BCUT2D eigenvalue weighted by Gasteiger charge is -2.37. The number of carbonyl (C=O) groups is 1. The number of hydrogen-bond acceptors (Lipinski definition) is 3.